The van der Waals surface area contributed by atoms with Crippen LogP contribution >= 0.6 is 0 Å². The number of hydrogen-bond acceptors (Lipinski definition) is 8. The first-order chi connectivity index (χ1) is 19.6. The quantitative estimate of drug-likeness (QED) is 0.267. The topological polar surface area (TPSA) is 97.4 Å². The molecule has 208 valence electrons. The largest absolute Gasteiger partial charge is 0.462 e. The van der Waals surface area contributed by atoms with Crippen molar-refractivity contribution in [1.29, 1.82) is 0 Å². The summed E-state index contributed by atoms with van der Waals surface area (Å²) in [5.41, 5.74) is 1.13. The third-order valence-corrected chi connectivity index (χ3v) is 7.10. The first-order valence-electron chi connectivity index (χ1n) is 13.6. The molecule has 8 nitrogen and oxygen atoms in total. The van der Waals surface area contributed by atoms with Crippen LogP contribution in [0.3, 0.4) is 0 Å². The minimum absolute atomic E-state index is 0.0504. The van der Waals surface area contributed by atoms with E-state index < -0.39 is 48.4 Å². The molecule has 3 aromatic rings. The summed E-state index contributed by atoms with van der Waals surface area (Å²) in [7, 11) is 0. The number of hydrogen-bond donors (Lipinski definition) is 0. The zero-order valence-electron chi connectivity index (χ0n) is 22.1. The Balaban J connectivity index is 1.40. The van der Waals surface area contributed by atoms with Gasteiger partial charge in [-0.1, -0.05) is 54.6 Å². The number of rotatable bonds is 9. The maximum Gasteiger partial charge on any atom is 0.338 e. The SMILES string of the molecule is O=C(OC[C@H]1C[C@@H](OC2CCCCO2)C(OC(=O)c2ccccc2)[C@@H]1OC(=O)c1ccccc1)c1ccccc1. The lowest BCUT2D eigenvalue weighted by Crippen LogP contribution is -2.42. The van der Waals surface area contributed by atoms with Gasteiger partial charge in [-0.2, -0.15) is 0 Å². The summed E-state index contributed by atoms with van der Waals surface area (Å²) in [5.74, 6) is -2.11. The van der Waals surface area contributed by atoms with Gasteiger partial charge in [0.25, 0.3) is 0 Å². The lowest BCUT2D eigenvalue weighted by atomic mass is 10.1. The van der Waals surface area contributed by atoms with Crippen LogP contribution in [0.2, 0.25) is 0 Å². The molecule has 0 aromatic heterocycles. The predicted molar refractivity (Wildman–Crippen MR) is 145 cm³/mol. The van der Waals surface area contributed by atoms with Gasteiger partial charge >= 0.3 is 17.9 Å². The molecule has 0 radical (unpaired) electrons. The van der Waals surface area contributed by atoms with E-state index in [1.807, 2.05) is 6.07 Å². The zero-order valence-corrected chi connectivity index (χ0v) is 22.1. The molecular formula is C32H32O8. The predicted octanol–water partition coefficient (Wildman–Crippen LogP) is 5.23. The van der Waals surface area contributed by atoms with Gasteiger partial charge in [-0.25, -0.2) is 14.4 Å². The zero-order chi connectivity index (χ0) is 27.7. The summed E-state index contributed by atoms with van der Waals surface area (Å²) in [6, 6.07) is 25.8. The van der Waals surface area contributed by atoms with Crippen molar-refractivity contribution in [3.05, 3.63) is 108 Å². The highest BCUT2D eigenvalue weighted by atomic mass is 16.7. The first kappa shape index (κ1) is 27.6. The van der Waals surface area contributed by atoms with Gasteiger partial charge < -0.3 is 23.7 Å². The van der Waals surface area contributed by atoms with Crippen molar-refractivity contribution in [3.63, 3.8) is 0 Å². The van der Waals surface area contributed by atoms with Crippen LogP contribution in [0.25, 0.3) is 0 Å². The van der Waals surface area contributed by atoms with E-state index in [0.29, 0.717) is 36.1 Å². The lowest BCUT2D eigenvalue weighted by molar-refractivity contribution is -0.205. The Labute approximate surface area is 233 Å². The van der Waals surface area contributed by atoms with E-state index in [4.69, 9.17) is 23.7 Å². The molecule has 1 aliphatic heterocycles. The van der Waals surface area contributed by atoms with Crippen LogP contribution in [0.4, 0.5) is 0 Å². The molecule has 3 aromatic carbocycles. The molecule has 2 fully saturated rings. The van der Waals surface area contributed by atoms with Crippen molar-refractivity contribution in [2.45, 2.75) is 50.3 Å². The van der Waals surface area contributed by atoms with Gasteiger partial charge in [0.15, 0.2) is 12.4 Å². The van der Waals surface area contributed by atoms with Crippen LogP contribution in [0, 0.1) is 5.92 Å². The van der Waals surface area contributed by atoms with Gasteiger partial charge in [-0.15, -0.1) is 0 Å². The molecule has 1 aliphatic carbocycles. The van der Waals surface area contributed by atoms with Gasteiger partial charge in [0.05, 0.1) is 23.3 Å². The number of esters is 3. The first-order valence-corrected chi connectivity index (χ1v) is 13.6. The van der Waals surface area contributed by atoms with Crippen LogP contribution in [0.15, 0.2) is 91.0 Å². The highest BCUT2D eigenvalue weighted by Crippen LogP contribution is 2.36. The third kappa shape index (κ3) is 6.94. The number of carbonyl (C=O) groups is 3. The summed E-state index contributed by atoms with van der Waals surface area (Å²) < 4.78 is 29.7. The fourth-order valence-electron chi connectivity index (χ4n) is 5.03. The minimum atomic E-state index is -0.939. The smallest absolute Gasteiger partial charge is 0.338 e. The second-order valence-electron chi connectivity index (χ2n) is 9.90. The van der Waals surface area contributed by atoms with E-state index in [9.17, 15) is 14.4 Å². The molecule has 2 aliphatic rings. The number of ether oxygens (including phenoxy) is 5. The van der Waals surface area contributed by atoms with Crippen LogP contribution in [0.5, 0.6) is 0 Å². The lowest BCUT2D eigenvalue weighted by Gasteiger charge is -2.30. The van der Waals surface area contributed by atoms with Crippen LogP contribution in [0.1, 0.15) is 56.8 Å². The summed E-state index contributed by atoms with van der Waals surface area (Å²) in [4.78, 5) is 39.1. The molecule has 1 saturated carbocycles. The molecule has 0 spiro atoms. The van der Waals surface area contributed by atoms with Crippen molar-refractivity contribution in [2.75, 3.05) is 13.2 Å². The Bertz CT molecular complexity index is 1260. The highest BCUT2D eigenvalue weighted by Gasteiger charge is 2.50. The fourth-order valence-corrected chi connectivity index (χ4v) is 5.03. The van der Waals surface area contributed by atoms with Gasteiger partial charge in [0, 0.05) is 12.5 Å². The summed E-state index contributed by atoms with van der Waals surface area (Å²) in [5, 5.41) is 0. The maximum atomic E-state index is 13.2. The normalized spacial score (nSPS) is 24.1. The maximum absolute atomic E-state index is 13.2. The van der Waals surface area contributed by atoms with Crippen LogP contribution < -0.4 is 0 Å². The fraction of sp³-hybridized carbons (Fsp3) is 0.344. The monoisotopic (exact) mass is 544 g/mol. The van der Waals surface area contributed by atoms with Crippen LogP contribution in [-0.4, -0.2) is 55.7 Å². The minimum Gasteiger partial charge on any atom is -0.462 e. The second-order valence-corrected chi connectivity index (χ2v) is 9.90. The van der Waals surface area contributed by atoms with Crippen molar-refractivity contribution in [1.82, 2.24) is 0 Å². The average Bonchev–Trinajstić information content (AvgIpc) is 3.32. The van der Waals surface area contributed by atoms with Crippen molar-refractivity contribution >= 4 is 17.9 Å². The summed E-state index contributed by atoms with van der Waals surface area (Å²) in [6.07, 6.45) is -0.0105. The molecule has 1 saturated heterocycles. The van der Waals surface area contributed by atoms with Crippen molar-refractivity contribution < 1.29 is 38.1 Å². The highest BCUT2D eigenvalue weighted by molar-refractivity contribution is 5.91. The molecule has 0 amide bonds. The number of benzene rings is 3. The van der Waals surface area contributed by atoms with E-state index >= 15 is 0 Å². The van der Waals surface area contributed by atoms with Gasteiger partial charge in [-0.3, -0.25) is 0 Å². The Hall–Kier alpha value is -4.01. The van der Waals surface area contributed by atoms with Crippen molar-refractivity contribution in [3.8, 4) is 0 Å². The number of carbonyl (C=O) groups excluding carboxylic acids is 3. The van der Waals surface area contributed by atoms with E-state index in [1.165, 1.54) is 0 Å². The average molecular weight is 545 g/mol. The Morgan fingerprint density at radius 1 is 0.675 bits per heavy atom. The van der Waals surface area contributed by atoms with E-state index in [0.717, 1.165) is 12.8 Å². The summed E-state index contributed by atoms with van der Waals surface area (Å²) in [6.45, 7) is 0.529. The third-order valence-electron chi connectivity index (χ3n) is 7.10. The molecule has 40 heavy (non-hydrogen) atoms. The molecule has 0 bridgehead atoms. The summed E-state index contributed by atoms with van der Waals surface area (Å²) >= 11 is 0. The van der Waals surface area contributed by atoms with E-state index in [2.05, 4.69) is 0 Å². The van der Waals surface area contributed by atoms with E-state index in [1.54, 1.807) is 84.9 Å². The Morgan fingerprint density at radius 2 is 1.20 bits per heavy atom. The van der Waals surface area contributed by atoms with Gasteiger partial charge in [0.2, 0.25) is 0 Å². The Kier molecular flexibility index (Phi) is 9.21. The molecule has 0 N–H and O–H groups in total. The van der Waals surface area contributed by atoms with Crippen molar-refractivity contribution in [2.24, 2.45) is 5.92 Å². The molecule has 5 rings (SSSR count). The Morgan fingerprint density at radius 3 is 1.73 bits per heavy atom. The van der Waals surface area contributed by atoms with Gasteiger partial charge in [-0.05, 0) is 62.1 Å². The molecule has 8 heteroatoms. The molecule has 1 heterocycles. The van der Waals surface area contributed by atoms with Crippen LogP contribution in [-0.2, 0) is 23.7 Å². The van der Waals surface area contributed by atoms with Gasteiger partial charge in [0.1, 0.15) is 12.2 Å². The standard InChI is InChI=1S/C32H32O8/c33-30(22-12-4-1-5-13-22)37-21-25-20-26(38-27-18-10-11-19-36-27)29(40-32(35)24-16-8-3-9-17-24)28(25)39-31(34)23-14-6-2-7-15-23/h1-9,12-17,25-29H,10-11,18-21H2/t25-,26-,27?,28-,29?/m1/s1. The molecule has 5 atom stereocenters. The molecular weight excluding hydrogens is 512 g/mol. The second kappa shape index (κ2) is 13.4. The van der Waals surface area contributed by atoms with E-state index in [-0.39, 0.29) is 6.61 Å². The molecule has 2 unspecified atom stereocenters.